The number of likely N-dealkylation sites (tertiary alicyclic amines) is 1. The van der Waals surface area contributed by atoms with Crippen LogP contribution in [0.15, 0.2) is 12.7 Å². The number of sulfone groups is 1. The maximum Gasteiger partial charge on any atom is 0.147 e. The monoisotopic (exact) mass is 272 g/mol. The van der Waals surface area contributed by atoms with Crippen molar-refractivity contribution in [3.8, 4) is 0 Å². The van der Waals surface area contributed by atoms with Gasteiger partial charge in [0.2, 0.25) is 0 Å². The smallest absolute Gasteiger partial charge is 0.147 e. The number of hydrogen-bond donors (Lipinski definition) is 0. The third-order valence-corrected chi connectivity index (χ3v) is 4.35. The molecule has 0 N–H and O–H groups in total. The van der Waals surface area contributed by atoms with Crippen molar-refractivity contribution in [1.82, 2.24) is 19.7 Å². The van der Waals surface area contributed by atoms with Gasteiger partial charge in [-0.05, 0) is 32.4 Å². The molecule has 1 atom stereocenters. The Morgan fingerprint density at radius 3 is 2.94 bits per heavy atom. The van der Waals surface area contributed by atoms with E-state index in [1.807, 2.05) is 4.68 Å². The van der Waals surface area contributed by atoms with E-state index in [4.69, 9.17) is 0 Å². The van der Waals surface area contributed by atoms with Crippen LogP contribution >= 0.6 is 0 Å². The molecule has 102 valence electrons. The van der Waals surface area contributed by atoms with Crippen LogP contribution in [0.2, 0.25) is 0 Å². The van der Waals surface area contributed by atoms with Crippen LogP contribution in [0.4, 0.5) is 0 Å². The summed E-state index contributed by atoms with van der Waals surface area (Å²) in [6.45, 7) is 2.76. The normalized spacial score (nSPS) is 21.5. The highest BCUT2D eigenvalue weighted by molar-refractivity contribution is 7.90. The molecule has 0 aliphatic carbocycles. The first-order chi connectivity index (χ1) is 8.54. The molecule has 1 aliphatic rings. The maximum absolute atomic E-state index is 11.1. The van der Waals surface area contributed by atoms with Crippen molar-refractivity contribution in [2.45, 2.75) is 31.8 Å². The van der Waals surface area contributed by atoms with Gasteiger partial charge in [0.05, 0.1) is 12.3 Å². The number of hydrogen-bond acceptors (Lipinski definition) is 5. The molecule has 1 fully saturated rings. The summed E-state index contributed by atoms with van der Waals surface area (Å²) in [5.41, 5.74) is 0. The molecule has 1 aliphatic heterocycles. The lowest BCUT2D eigenvalue weighted by Gasteiger charge is -2.23. The van der Waals surface area contributed by atoms with Gasteiger partial charge in [-0.1, -0.05) is 0 Å². The summed E-state index contributed by atoms with van der Waals surface area (Å²) in [6.07, 6.45) is 7.61. The fourth-order valence-corrected chi connectivity index (χ4v) is 3.12. The second kappa shape index (κ2) is 5.79. The summed E-state index contributed by atoms with van der Waals surface area (Å²) in [7, 11) is -2.84. The lowest BCUT2D eigenvalue weighted by Crippen LogP contribution is -2.34. The fraction of sp³-hybridized carbons (Fsp3) is 0.818. The molecule has 7 heteroatoms. The van der Waals surface area contributed by atoms with Crippen LogP contribution in [0.1, 0.15) is 19.3 Å². The van der Waals surface area contributed by atoms with Gasteiger partial charge in [0.25, 0.3) is 0 Å². The molecule has 0 saturated carbocycles. The zero-order chi connectivity index (χ0) is 13.0. The lowest BCUT2D eigenvalue weighted by molar-refractivity contribution is 0.228. The highest BCUT2D eigenvalue weighted by atomic mass is 32.2. The summed E-state index contributed by atoms with van der Waals surface area (Å²) < 4.78 is 24.1. The quantitative estimate of drug-likeness (QED) is 0.739. The molecule has 1 aromatic heterocycles. The first kappa shape index (κ1) is 13.5. The van der Waals surface area contributed by atoms with Crippen molar-refractivity contribution >= 4 is 9.84 Å². The van der Waals surface area contributed by atoms with Gasteiger partial charge in [-0.25, -0.2) is 13.4 Å². The Labute approximate surface area is 108 Å². The van der Waals surface area contributed by atoms with E-state index in [9.17, 15) is 8.42 Å². The van der Waals surface area contributed by atoms with Gasteiger partial charge in [0.15, 0.2) is 0 Å². The molecule has 2 rings (SSSR count). The van der Waals surface area contributed by atoms with Gasteiger partial charge < -0.3 is 0 Å². The number of rotatable bonds is 6. The SMILES string of the molecule is CS(=O)(=O)CCCN1CCC[C@H]1Cn1cncn1. The largest absolute Gasteiger partial charge is 0.299 e. The van der Waals surface area contributed by atoms with Gasteiger partial charge >= 0.3 is 0 Å². The standard InChI is InChI=1S/C11H20N4O2S/c1-18(16,17)7-3-6-14-5-2-4-11(14)8-15-10-12-9-13-15/h9-11H,2-8H2,1H3/t11-/m0/s1. The first-order valence-electron chi connectivity index (χ1n) is 6.29. The van der Waals surface area contributed by atoms with E-state index in [2.05, 4.69) is 15.0 Å². The van der Waals surface area contributed by atoms with E-state index >= 15 is 0 Å². The second-order valence-corrected chi connectivity index (χ2v) is 7.19. The van der Waals surface area contributed by atoms with E-state index in [0.717, 1.165) is 26.1 Å². The van der Waals surface area contributed by atoms with Gasteiger partial charge in [-0.15, -0.1) is 0 Å². The maximum atomic E-state index is 11.1. The first-order valence-corrected chi connectivity index (χ1v) is 8.35. The van der Waals surface area contributed by atoms with E-state index in [1.54, 1.807) is 12.7 Å². The summed E-state index contributed by atoms with van der Waals surface area (Å²) in [5.74, 6) is 0.277. The van der Waals surface area contributed by atoms with E-state index < -0.39 is 9.84 Å². The molecule has 0 bridgehead atoms. The molecule has 0 radical (unpaired) electrons. The summed E-state index contributed by atoms with van der Waals surface area (Å²) in [6, 6.07) is 0.464. The molecule has 2 heterocycles. The third-order valence-electron chi connectivity index (χ3n) is 3.32. The van der Waals surface area contributed by atoms with Crippen molar-refractivity contribution < 1.29 is 8.42 Å². The molecule has 0 spiro atoms. The number of nitrogens with zero attached hydrogens (tertiary/aromatic N) is 4. The fourth-order valence-electron chi connectivity index (χ4n) is 2.47. The van der Waals surface area contributed by atoms with Crippen molar-refractivity contribution in [2.24, 2.45) is 0 Å². The molecular formula is C11H20N4O2S. The van der Waals surface area contributed by atoms with Crippen LogP contribution in [0, 0.1) is 0 Å². The predicted molar refractivity (Wildman–Crippen MR) is 68.9 cm³/mol. The zero-order valence-corrected chi connectivity index (χ0v) is 11.5. The topological polar surface area (TPSA) is 68.1 Å². The van der Waals surface area contributed by atoms with E-state index in [-0.39, 0.29) is 5.75 Å². The minimum absolute atomic E-state index is 0.277. The predicted octanol–water partition coefficient (Wildman–Crippen LogP) is 0.177. The Hall–Kier alpha value is -0.950. The highest BCUT2D eigenvalue weighted by Gasteiger charge is 2.24. The highest BCUT2D eigenvalue weighted by Crippen LogP contribution is 2.18. The lowest BCUT2D eigenvalue weighted by atomic mass is 10.2. The summed E-state index contributed by atoms with van der Waals surface area (Å²) >= 11 is 0. The van der Waals surface area contributed by atoms with E-state index in [1.165, 1.54) is 12.7 Å². The van der Waals surface area contributed by atoms with Gasteiger partial charge in [-0.3, -0.25) is 9.58 Å². The molecule has 0 unspecified atom stereocenters. The molecule has 18 heavy (non-hydrogen) atoms. The minimum atomic E-state index is -2.84. The third kappa shape index (κ3) is 4.06. The van der Waals surface area contributed by atoms with Crippen LogP contribution in [0.3, 0.4) is 0 Å². The second-order valence-electron chi connectivity index (χ2n) is 4.93. The Bertz CT molecular complexity index is 457. The summed E-state index contributed by atoms with van der Waals surface area (Å²) in [5, 5.41) is 4.12. The Balaban J connectivity index is 1.80. The molecule has 1 aromatic rings. The summed E-state index contributed by atoms with van der Waals surface area (Å²) in [4.78, 5) is 6.31. The number of aromatic nitrogens is 3. The molecule has 1 saturated heterocycles. The average Bonchev–Trinajstić information content (AvgIpc) is 2.90. The van der Waals surface area contributed by atoms with Crippen LogP contribution in [-0.2, 0) is 16.4 Å². The van der Waals surface area contributed by atoms with Crippen LogP contribution in [-0.4, -0.2) is 59.2 Å². The zero-order valence-electron chi connectivity index (χ0n) is 10.7. The van der Waals surface area contributed by atoms with Crippen molar-refractivity contribution in [3.05, 3.63) is 12.7 Å². The van der Waals surface area contributed by atoms with E-state index in [0.29, 0.717) is 12.5 Å². The molecular weight excluding hydrogens is 252 g/mol. The van der Waals surface area contributed by atoms with Crippen molar-refractivity contribution in [3.63, 3.8) is 0 Å². The van der Waals surface area contributed by atoms with Gasteiger partial charge in [0.1, 0.15) is 22.5 Å². The van der Waals surface area contributed by atoms with Crippen LogP contribution in [0.25, 0.3) is 0 Å². The average molecular weight is 272 g/mol. The molecule has 6 nitrogen and oxygen atoms in total. The molecule has 0 aromatic carbocycles. The van der Waals surface area contributed by atoms with Crippen molar-refractivity contribution in [1.29, 1.82) is 0 Å². The Morgan fingerprint density at radius 2 is 2.28 bits per heavy atom. The van der Waals surface area contributed by atoms with Crippen molar-refractivity contribution in [2.75, 3.05) is 25.1 Å². The Morgan fingerprint density at radius 1 is 1.44 bits per heavy atom. The van der Waals surface area contributed by atoms with Crippen LogP contribution < -0.4 is 0 Å². The van der Waals surface area contributed by atoms with Gasteiger partial charge in [0, 0.05) is 12.3 Å². The minimum Gasteiger partial charge on any atom is -0.299 e. The molecule has 0 amide bonds. The van der Waals surface area contributed by atoms with Crippen LogP contribution in [0.5, 0.6) is 0 Å². The van der Waals surface area contributed by atoms with Gasteiger partial charge in [-0.2, -0.15) is 5.10 Å². The Kier molecular flexibility index (Phi) is 4.34.